The Hall–Kier alpha value is -2.33. The van der Waals surface area contributed by atoms with Gasteiger partial charge in [0.25, 0.3) is 5.91 Å². The first-order chi connectivity index (χ1) is 11.7. The van der Waals surface area contributed by atoms with Crippen molar-refractivity contribution in [3.05, 3.63) is 65.7 Å². The third-order valence-electron chi connectivity index (χ3n) is 4.38. The van der Waals surface area contributed by atoms with Gasteiger partial charge in [-0.3, -0.25) is 4.79 Å². The molecule has 0 aromatic heterocycles. The maximum Gasteiger partial charge on any atom is 0.254 e. The number of carbonyl (C=O) groups is 1. The molecule has 0 aliphatic carbocycles. The zero-order valence-electron chi connectivity index (χ0n) is 13.7. The second kappa shape index (κ2) is 7.49. The molecular weight excluding hydrogens is 302 g/mol. The summed E-state index contributed by atoms with van der Waals surface area (Å²) in [6.45, 7) is 0.702. The summed E-state index contributed by atoms with van der Waals surface area (Å²) in [6.07, 6.45) is 4.42. The molecule has 0 fully saturated rings. The highest BCUT2D eigenvalue weighted by Gasteiger charge is 2.40. The van der Waals surface area contributed by atoms with E-state index >= 15 is 0 Å². The molecule has 2 N–H and O–H groups in total. The number of hydrogen-bond donors (Lipinski definition) is 2. The summed E-state index contributed by atoms with van der Waals surface area (Å²) in [7, 11) is 0. The molecule has 0 bridgehead atoms. The van der Waals surface area contributed by atoms with Crippen LogP contribution in [0.2, 0.25) is 0 Å². The lowest BCUT2D eigenvalue weighted by Gasteiger charge is -2.23. The first-order valence-electron chi connectivity index (χ1n) is 8.51. The summed E-state index contributed by atoms with van der Waals surface area (Å²) < 4.78 is 5.66. The molecule has 0 saturated carbocycles. The van der Waals surface area contributed by atoms with Gasteiger partial charge in [0.05, 0.1) is 6.61 Å². The summed E-state index contributed by atoms with van der Waals surface area (Å²) in [5.41, 5.74) is 0.0625. The highest BCUT2D eigenvalue weighted by atomic mass is 16.5. The van der Waals surface area contributed by atoms with Crippen molar-refractivity contribution >= 4 is 5.91 Å². The fourth-order valence-electron chi connectivity index (χ4n) is 3.10. The van der Waals surface area contributed by atoms with Crippen molar-refractivity contribution in [3.63, 3.8) is 0 Å². The molecule has 1 atom stereocenters. The van der Waals surface area contributed by atoms with Gasteiger partial charge in [-0.15, -0.1) is 0 Å². The van der Waals surface area contributed by atoms with Crippen LogP contribution in [-0.4, -0.2) is 17.6 Å². The number of aliphatic hydroxyl groups is 1. The minimum atomic E-state index is -1.21. The van der Waals surface area contributed by atoms with E-state index in [1.807, 2.05) is 48.5 Å². The van der Waals surface area contributed by atoms with Crippen LogP contribution in [0.25, 0.3) is 0 Å². The third-order valence-corrected chi connectivity index (χ3v) is 4.38. The van der Waals surface area contributed by atoms with Crippen LogP contribution in [0.5, 0.6) is 5.75 Å². The first kappa shape index (κ1) is 16.5. The Kier molecular flexibility index (Phi) is 5.16. The van der Waals surface area contributed by atoms with Gasteiger partial charge in [0.2, 0.25) is 0 Å². The van der Waals surface area contributed by atoms with E-state index in [4.69, 9.17) is 4.74 Å². The van der Waals surface area contributed by atoms with Gasteiger partial charge in [-0.2, -0.15) is 0 Å². The Labute approximate surface area is 142 Å². The number of fused-ring (bicyclic) bond motifs is 1. The van der Waals surface area contributed by atoms with Crippen molar-refractivity contribution in [2.45, 2.75) is 37.8 Å². The predicted molar refractivity (Wildman–Crippen MR) is 92.8 cm³/mol. The molecule has 2 aromatic rings. The second-order valence-electron chi connectivity index (χ2n) is 6.19. The molecule has 2 aromatic carbocycles. The molecule has 4 nitrogen and oxygen atoms in total. The van der Waals surface area contributed by atoms with Crippen molar-refractivity contribution in [3.8, 4) is 5.75 Å². The normalized spacial score (nSPS) is 19.0. The number of nitrogens with one attached hydrogen (secondary N) is 1. The number of ether oxygens (including phenoxy) is 1. The average molecular weight is 325 g/mol. The molecular formula is C20H23NO3. The molecule has 1 amide bonds. The molecule has 1 aliphatic heterocycles. The molecule has 0 radical (unpaired) electrons. The first-order valence-corrected chi connectivity index (χ1v) is 8.51. The summed E-state index contributed by atoms with van der Waals surface area (Å²) in [6, 6.07) is 17.0. The molecule has 1 heterocycles. The van der Waals surface area contributed by atoms with Crippen LogP contribution in [0, 0.1) is 0 Å². The molecule has 1 aliphatic rings. The minimum absolute atomic E-state index is 0.190. The summed E-state index contributed by atoms with van der Waals surface area (Å²) in [5, 5.41) is 13.4. The van der Waals surface area contributed by atoms with Gasteiger partial charge in [0.15, 0.2) is 5.72 Å². The molecule has 126 valence electrons. The van der Waals surface area contributed by atoms with E-state index in [9.17, 15) is 9.90 Å². The zero-order valence-corrected chi connectivity index (χ0v) is 13.7. The van der Waals surface area contributed by atoms with Crippen LogP contribution < -0.4 is 10.1 Å². The van der Waals surface area contributed by atoms with Crippen LogP contribution in [0.15, 0.2) is 54.6 Å². The Bertz CT molecular complexity index is 686. The molecule has 3 rings (SSSR count). The number of rotatable bonds is 8. The lowest BCUT2D eigenvalue weighted by molar-refractivity contribution is 0.00317. The summed E-state index contributed by atoms with van der Waals surface area (Å²) in [5.74, 6) is 0.710. The fraction of sp³-hybridized carbons (Fsp3) is 0.350. The average Bonchev–Trinajstić information content (AvgIpc) is 2.87. The number of hydrogen-bond acceptors (Lipinski definition) is 3. The van der Waals surface area contributed by atoms with Crippen LogP contribution in [0.4, 0.5) is 0 Å². The van der Waals surface area contributed by atoms with Crippen molar-refractivity contribution in [2.24, 2.45) is 0 Å². The second-order valence-corrected chi connectivity index (χ2v) is 6.19. The number of unbranched alkanes of at least 4 members (excludes halogenated alkanes) is 3. The van der Waals surface area contributed by atoms with E-state index in [0.29, 0.717) is 24.2 Å². The smallest absolute Gasteiger partial charge is 0.254 e. The monoisotopic (exact) mass is 325 g/mol. The zero-order chi connectivity index (χ0) is 16.8. The van der Waals surface area contributed by atoms with Gasteiger partial charge in [-0.05, 0) is 37.5 Å². The minimum Gasteiger partial charge on any atom is -0.494 e. The largest absolute Gasteiger partial charge is 0.494 e. The quantitative estimate of drug-likeness (QED) is 0.729. The SMILES string of the molecule is O=C1NC(O)(CCCCCCOc2ccccc2)c2ccccc21. The number of carbonyl (C=O) groups excluding carboxylic acids is 1. The maximum atomic E-state index is 11.9. The van der Waals surface area contributed by atoms with Gasteiger partial charge in [0.1, 0.15) is 5.75 Å². The maximum absolute atomic E-state index is 11.9. The van der Waals surface area contributed by atoms with Crippen LogP contribution in [0.3, 0.4) is 0 Å². The van der Waals surface area contributed by atoms with Crippen molar-refractivity contribution < 1.29 is 14.6 Å². The van der Waals surface area contributed by atoms with E-state index < -0.39 is 5.72 Å². The van der Waals surface area contributed by atoms with Gasteiger partial charge < -0.3 is 15.2 Å². The number of amides is 1. The van der Waals surface area contributed by atoms with E-state index in [-0.39, 0.29) is 5.91 Å². The Morgan fingerprint density at radius 2 is 1.62 bits per heavy atom. The Balaban J connectivity index is 1.37. The van der Waals surface area contributed by atoms with Crippen molar-refractivity contribution in [1.29, 1.82) is 0 Å². The lowest BCUT2D eigenvalue weighted by atomic mass is 9.96. The molecule has 24 heavy (non-hydrogen) atoms. The summed E-state index contributed by atoms with van der Waals surface area (Å²) >= 11 is 0. The van der Waals surface area contributed by atoms with Crippen molar-refractivity contribution in [2.75, 3.05) is 6.61 Å². The highest BCUT2D eigenvalue weighted by Crippen LogP contribution is 2.33. The molecule has 0 saturated heterocycles. The predicted octanol–water partition coefficient (Wildman–Crippen LogP) is 3.60. The topological polar surface area (TPSA) is 58.6 Å². The van der Waals surface area contributed by atoms with Gasteiger partial charge >= 0.3 is 0 Å². The van der Waals surface area contributed by atoms with Crippen LogP contribution >= 0.6 is 0 Å². The van der Waals surface area contributed by atoms with Crippen LogP contribution in [-0.2, 0) is 5.72 Å². The van der Waals surface area contributed by atoms with E-state index in [1.165, 1.54) is 0 Å². The van der Waals surface area contributed by atoms with Gasteiger partial charge in [-0.25, -0.2) is 0 Å². The molecule has 0 spiro atoms. The number of para-hydroxylation sites is 1. The van der Waals surface area contributed by atoms with E-state index in [0.717, 1.165) is 31.4 Å². The molecule has 1 unspecified atom stereocenters. The van der Waals surface area contributed by atoms with Gasteiger partial charge in [-0.1, -0.05) is 49.2 Å². The van der Waals surface area contributed by atoms with E-state index in [2.05, 4.69) is 5.32 Å². The van der Waals surface area contributed by atoms with Crippen LogP contribution in [0.1, 0.15) is 48.0 Å². The third kappa shape index (κ3) is 3.77. The van der Waals surface area contributed by atoms with E-state index in [1.54, 1.807) is 6.07 Å². The fourth-order valence-corrected chi connectivity index (χ4v) is 3.10. The van der Waals surface area contributed by atoms with Crippen molar-refractivity contribution in [1.82, 2.24) is 5.32 Å². The highest BCUT2D eigenvalue weighted by molar-refractivity contribution is 5.99. The summed E-state index contributed by atoms with van der Waals surface area (Å²) in [4.78, 5) is 11.9. The number of benzene rings is 2. The lowest BCUT2D eigenvalue weighted by Crippen LogP contribution is -2.39. The standard InChI is InChI=1S/C20H23NO3/c22-19-17-12-6-7-13-18(17)20(23,21-19)14-8-1-2-9-15-24-16-10-4-3-5-11-16/h3-7,10-13,23H,1-2,8-9,14-15H2,(H,21,22). The Morgan fingerprint density at radius 1 is 0.917 bits per heavy atom. The molecule has 4 heteroatoms. The Morgan fingerprint density at radius 3 is 2.46 bits per heavy atom. The van der Waals surface area contributed by atoms with Gasteiger partial charge in [0, 0.05) is 11.1 Å².